The number of amides is 3. The van der Waals surface area contributed by atoms with Crippen LogP contribution in [0, 0.1) is 20.8 Å². The summed E-state index contributed by atoms with van der Waals surface area (Å²) < 4.78 is 0. The van der Waals surface area contributed by atoms with Gasteiger partial charge in [0, 0.05) is 16.1 Å². The Hall–Kier alpha value is -3.76. The smallest absolute Gasteiger partial charge is 0.271 e. The molecule has 0 aliphatic carbocycles. The maximum Gasteiger partial charge on any atom is 0.271 e. The molecule has 2 N–H and O–H groups in total. The quantitative estimate of drug-likeness (QED) is 0.448. The van der Waals surface area contributed by atoms with Crippen molar-refractivity contribution in [3.8, 4) is 0 Å². The van der Waals surface area contributed by atoms with E-state index in [-0.39, 0.29) is 24.0 Å². The first-order valence-corrected chi connectivity index (χ1v) is 14.1. The van der Waals surface area contributed by atoms with Crippen molar-refractivity contribution in [2.24, 2.45) is 9.98 Å². The Labute approximate surface area is 229 Å². The molecule has 1 unspecified atom stereocenters. The number of carbonyl (C=O) groups is 3. The molecule has 2 aliphatic heterocycles. The molecule has 0 spiro atoms. The van der Waals surface area contributed by atoms with Crippen LogP contribution < -0.4 is 10.6 Å². The van der Waals surface area contributed by atoms with Gasteiger partial charge in [-0.05, 0) is 55.5 Å². The zero-order valence-electron chi connectivity index (χ0n) is 21.3. The monoisotopic (exact) mass is 545 g/mol. The number of thioether (sulfide) groups is 1. The highest BCUT2D eigenvalue weighted by Gasteiger charge is 2.42. The number of amidine groups is 2. The highest BCUT2D eigenvalue weighted by molar-refractivity contribution is 8.14. The summed E-state index contributed by atoms with van der Waals surface area (Å²) in [5.41, 5.74) is 5.33. The maximum atomic E-state index is 13.0. The third-order valence-electron chi connectivity index (χ3n) is 6.30. The third-order valence-corrected chi connectivity index (χ3v) is 8.13. The van der Waals surface area contributed by atoms with Crippen molar-refractivity contribution in [3.63, 3.8) is 0 Å². The molecule has 10 heteroatoms. The molecule has 0 radical (unpaired) electrons. The molecule has 2 aliphatic rings. The van der Waals surface area contributed by atoms with Gasteiger partial charge in [-0.15, -0.1) is 11.3 Å². The van der Waals surface area contributed by atoms with Crippen molar-refractivity contribution < 1.29 is 14.4 Å². The first kappa shape index (κ1) is 25.9. The second-order valence-corrected chi connectivity index (χ2v) is 11.2. The van der Waals surface area contributed by atoms with Gasteiger partial charge >= 0.3 is 0 Å². The largest absolute Gasteiger partial charge is 0.351 e. The maximum absolute atomic E-state index is 13.0. The normalized spacial score (nSPS) is 15.9. The number of carbonyl (C=O) groups excluding carboxylic acids is 3. The molecule has 8 nitrogen and oxygen atoms in total. The summed E-state index contributed by atoms with van der Waals surface area (Å²) in [7, 11) is 0. The molecule has 194 valence electrons. The lowest BCUT2D eigenvalue weighted by molar-refractivity contribution is -0.126. The number of thiophene rings is 1. The van der Waals surface area contributed by atoms with Crippen LogP contribution in [0.2, 0.25) is 0 Å². The molecule has 0 saturated carbocycles. The highest BCUT2D eigenvalue weighted by atomic mass is 32.2. The minimum Gasteiger partial charge on any atom is -0.351 e. The fourth-order valence-corrected chi connectivity index (χ4v) is 6.12. The van der Waals surface area contributed by atoms with Gasteiger partial charge in [-0.1, -0.05) is 47.7 Å². The zero-order chi connectivity index (χ0) is 26.8. The number of aryl methyl sites for hydroxylation is 3. The Balaban J connectivity index is 1.33. The van der Waals surface area contributed by atoms with E-state index >= 15 is 0 Å². The Kier molecular flexibility index (Phi) is 7.44. The number of nitrogens with zero attached hydrogens (tertiary/aromatic N) is 3. The van der Waals surface area contributed by atoms with E-state index in [1.807, 2.05) is 74.7 Å². The van der Waals surface area contributed by atoms with Crippen LogP contribution in [-0.2, 0) is 20.9 Å². The molecule has 2 aromatic carbocycles. The van der Waals surface area contributed by atoms with Crippen molar-refractivity contribution >= 4 is 63.2 Å². The Morgan fingerprint density at radius 1 is 1.03 bits per heavy atom. The summed E-state index contributed by atoms with van der Waals surface area (Å²) >= 11 is 2.78. The lowest BCUT2D eigenvalue weighted by Crippen LogP contribution is -2.46. The van der Waals surface area contributed by atoms with Gasteiger partial charge in [0.05, 0.1) is 24.4 Å². The van der Waals surface area contributed by atoms with Gasteiger partial charge in [-0.25, -0.2) is 4.99 Å². The molecule has 3 amide bonds. The number of para-hydroxylation sites is 1. The van der Waals surface area contributed by atoms with Gasteiger partial charge in [0.2, 0.25) is 11.8 Å². The molecule has 0 fully saturated rings. The van der Waals surface area contributed by atoms with E-state index in [4.69, 9.17) is 4.99 Å². The molecule has 0 saturated heterocycles. The van der Waals surface area contributed by atoms with Gasteiger partial charge in [0.25, 0.3) is 5.91 Å². The predicted octanol–water partition coefficient (Wildman–Crippen LogP) is 4.71. The summed E-state index contributed by atoms with van der Waals surface area (Å²) in [5, 5.41) is 8.32. The van der Waals surface area contributed by atoms with E-state index in [2.05, 4.69) is 15.6 Å². The standard InChI is InChI=1S/C28H27N5O3S2/c1-16-11-17(2)25(18(3)12-16)31-24(35)15-38-28-30-21-9-5-4-8-20(21)26-32-27(36)22(33(26)28)13-23(34)29-14-19-7-6-10-37-19/h4-12,22H,13-15H2,1-3H3,(H,29,34)(H,31,35). The number of hydrogen-bond acceptors (Lipinski definition) is 7. The SMILES string of the molecule is Cc1cc(C)c(NC(=O)CSC2=Nc3ccccc3C3=NC(=O)C(CC(=O)NCc4cccs4)N23)c(C)c1. The van der Waals surface area contributed by atoms with Gasteiger partial charge < -0.3 is 10.6 Å². The van der Waals surface area contributed by atoms with Gasteiger partial charge in [0.15, 0.2) is 5.17 Å². The molecule has 5 rings (SSSR count). The van der Waals surface area contributed by atoms with Gasteiger partial charge in [-0.3, -0.25) is 19.3 Å². The van der Waals surface area contributed by atoms with Crippen LogP contribution in [0.4, 0.5) is 11.4 Å². The number of anilines is 1. The number of fused-ring (bicyclic) bond motifs is 3. The average Bonchev–Trinajstić information content (AvgIpc) is 3.52. The van der Waals surface area contributed by atoms with Crippen molar-refractivity contribution in [1.29, 1.82) is 0 Å². The van der Waals surface area contributed by atoms with E-state index in [9.17, 15) is 14.4 Å². The summed E-state index contributed by atoms with van der Waals surface area (Å²) in [6, 6.07) is 14.5. The number of benzene rings is 2. The first-order chi connectivity index (χ1) is 18.3. The van der Waals surface area contributed by atoms with Crippen molar-refractivity contribution in [1.82, 2.24) is 10.2 Å². The number of rotatable bonds is 7. The average molecular weight is 546 g/mol. The molecule has 1 aromatic heterocycles. The Morgan fingerprint density at radius 2 is 1.79 bits per heavy atom. The first-order valence-electron chi connectivity index (χ1n) is 12.2. The van der Waals surface area contributed by atoms with E-state index in [0.717, 1.165) is 32.8 Å². The van der Waals surface area contributed by atoms with Crippen LogP contribution in [0.1, 0.15) is 33.6 Å². The fourth-order valence-electron chi connectivity index (χ4n) is 4.63. The summed E-state index contributed by atoms with van der Waals surface area (Å²) in [6.07, 6.45) is -0.0626. The summed E-state index contributed by atoms with van der Waals surface area (Å²) in [6.45, 7) is 6.37. The topological polar surface area (TPSA) is 103 Å². The van der Waals surface area contributed by atoms with Crippen LogP contribution >= 0.6 is 23.1 Å². The van der Waals surface area contributed by atoms with E-state index in [1.54, 1.807) is 16.2 Å². The van der Waals surface area contributed by atoms with Crippen LogP contribution in [0.3, 0.4) is 0 Å². The second kappa shape index (κ2) is 10.9. The van der Waals surface area contributed by atoms with Crippen LogP contribution in [-0.4, -0.2) is 45.4 Å². The molecular formula is C28H27N5O3S2. The van der Waals surface area contributed by atoms with Crippen LogP contribution in [0.15, 0.2) is 63.9 Å². The number of nitrogens with one attached hydrogen (secondary N) is 2. The second-order valence-electron chi connectivity index (χ2n) is 9.24. The van der Waals surface area contributed by atoms with Gasteiger partial charge in [0.1, 0.15) is 11.9 Å². The van der Waals surface area contributed by atoms with Crippen molar-refractivity contribution in [3.05, 3.63) is 81.0 Å². The predicted molar refractivity (Wildman–Crippen MR) is 153 cm³/mol. The lowest BCUT2D eigenvalue weighted by atomic mass is 10.1. The number of aliphatic imine (C=N–C) groups is 2. The molecule has 1 atom stereocenters. The lowest BCUT2D eigenvalue weighted by Gasteiger charge is -2.30. The van der Waals surface area contributed by atoms with Gasteiger partial charge in [-0.2, -0.15) is 4.99 Å². The number of hydrogen-bond donors (Lipinski definition) is 2. The van der Waals surface area contributed by atoms with E-state index < -0.39 is 11.9 Å². The Morgan fingerprint density at radius 3 is 2.53 bits per heavy atom. The van der Waals surface area contributed by atoms with Crippen LogP contribution in [0.25, 0.3) is 0 Å². The van der Waals surface area contributed by atoms with Crippen molar-refractivity contribution in [2.75, 3.05) is 11.1 Å². The molecule has 38 heavy (non-hydrogen) atoms. The minimum atomic E-state index is -0.822. The minimum absolute atomic E-state index is 0.0626. The van der Waals surface area contributed by atoms with Crippen molar-refractivity contribution in [2.45, 2.75) is 39.8 Å². The van der Waals surface area contributed by atoms with E-state index in [1.165, 1.54) is 11.8 Å². The third kappa shape index (κ3) is 5.41. The zero-order valence-corrected chi connectivity index (χ0v) is 22.9. The molecule has 3 aromatic rings. The van der Waals surface area contributed by atoms with E-state index in [0.29, 0.717) is 23.2 Å². The summed E-state index contributed by atoms with van der Waals surface area (Å²) in [4.78, 5) is 50.5. The molecule has 0 bridgehead atoms. The van der Waals surface area contributed by atoms with Crippen LogP contribution in [0.5, 0.6) is 0 Å². The fraction of sp³-hybridized carbons (Fsp3) is 0.250. The highest BCUT2D eigenvalue weighted by Crippen LogP contribution is 2.35. The molecule has 3 heterocycles. The molecular weight excluding hydrogens is 518 g/mol. The Bertz CT molecular complexity index is 1460. The summed E-state index contributed by atoms with van der Waals surface area (Å²) in [5.74, 6) is -0.278.